The van der Waals surface area contributed by atoms with Gasteiger partial charge in [-0.1, -0.05) is 24.3 Å². The maximum absolute atomic E-state index is 12.7. The lowest BCUT2D eigenvalue weighted by Crippen LogP contribution is -2.52. The molecule has 1 aliphatic heterocycles. The summed E-state index contributed by atoms with van der Waals surface area (Å²) in [5.41, 5.74) is 1.43. The second kappa shape index (κ2) is 4.62. The number of hydrogen-bond acceptors (Lipinski definition) is 2. The van der Waals surface area contributed by atoms with Gasteiger partial charge >= 0.3 is 5.97 Å². The van der Waals surface area contributed by atoms with Crippen molar-refractivity contribution in [2.75, 3.05) is 6.54 Å². The minimum absolute atomic E-state index is 0.00333. The first kappa shape index (κ1) is 13.2. The Balaban J connectivity index is 1.80. The minimum atomic E-state index is -1.02. The number of carboxylic acids is 1. The van der Waals surface area contributed by atoms with Gasteiger partial charge in [-0.3, -0.25) is 4.79 Å². The zero-order valence-corrected chi connectivity index (χ0v) is 11.6. The summed E-state index contributed by atoms with van der Waals surface area (Å²) in [5.74, 6) is -0.980. The molecule has 3 rings (SSSR count). The third kappa shape index (κ3) is 1.90. The molecule has 0 radical (unpaired) electrons. The first-order chi connectivity index (χ1) is 9.52. The molecule has 4 nitrogen and oxygen atoms in total. The van der Waals surface area contributed by atoms with E-state index in [9.17, 15) is 14.7 Å². The Labute approximate surface area is 118 Å². The minimum Gasteiger partial charge on any atom is -0.480 e. The summed E-state index contributed by atoms with van der Waals surface area (Å²) in [4.78, 5) is 25.8. The lowest BCUT2D eigenvalue weighted by atomic mass is 9.96. The number of nitrogens with zero attached hydrogens (tertiary/aromatic N) is 1. The zero-order chi connectivity index (χ0) is 14.3. The van der Waals surface area contributed by atoms with Crippen molar-refractivity contribution in [3.8, 4) is 0 Å². The molecular weight excluding hydrogens is 254 g/mol. The van der Waals surface area contributed by atoms with Crippen LogP contribution in [0.3, 0.4) is 0 Å². The van der Waals surface area contributed by atoms with Crippen LogP contribution in [0, 0.1) is 5.92 Å². The molecule has 0 aromatic heterocycles. The topological polar surface area (TPSA) is 57.6 Å². The number of fused-ring (bicyclic) bond motifs is 1. The molecule has 1 aromatic carbocycles. The van der Waals surface area contributed by atoms with Crippen LogP contribution in [0.2, 0.25) is 0 Å². The van der Waals surface area contributed by atoms with E-state index in [2.05, 4.69) is 12.1 Å². The maximum Gasteiger partial charge on any atom is 0.329 e. The SMILES string of the molecule is CC1(C(=O)O)CCCN1C(=O)C1Cc2ccccc2C1. The molecule has 0 saturated carbocycles. The van der Waals surface area contributed by atoms with Gasteiger partial charge in [-0.15, -0.1) is 0 Å². The number of carbonyl (C=O) groups is 2. The molecule has 4 heteroatoms. The number of amides is 1. The molecule has 1 aromatic rings. The van der Waals surface area contributed by atoms with Gasteiger partial charge in [-0.25, -0.2) is 4.79 Å². The first-order valence-electron chi connectivity index (χ1n) is 7.14. The molecule has 106 valence electrons. The van der Waals surface area contributed by atoms with Crippen LogP contribution in [-0.2, 0) is 22.4 Å². The number of likely N-dealkylation sites (tertiary alicyclic amines) is 1. The largest absolute Gasteiger partial charge is 0.480 e. The van der Waals surface area contributed by atoms with Gasteiger partial charge in [0.2, 0.25) is 5.91 Å². The third-order valence-electron chi connectivity index (χ3n) is 4.77. The van der Waals surface area contributed by atoms with E-state index in [0.717, 1.165) is 19.3 Å². The predicted molar refractivity (Wildman–Crippen MR) is 74.3 cm³/mol. The lowest BCUT2D eigenvalue weighted by molar-refractivity contribution is -0.156. The molecule has 1 atom stereocenters. The van der Waals surface area contributed by atoms with Crippen LogP contribution in [0.4, 0.5) is 0 Å². The van der Waals surface area contributed by atoms with Crippen LogP contribution < -0.4 is 0 Å². The second-order valence-corrected chi connectivity index (χ2v) is 6.05. The van der Waals surface area contributed by atoms with Gasteiger partial charge in [-0.2, -0.15) is 0 Å². The van der Waals surface area contributed by atoms with E-state index < -0.39 is 11.5 Å². The number of hydrogen-bond donors (Lipinski definition) is 1. The summed E-state index contributed by atoms with van der Waals surface area (Å²) in [7, 11) is 0. The Kier molecular flexibility index (Phi) is 3.04. The van der Waals surface area contributed by atoms with Crippen molar-refractivity contribution < 1.29 is 14.7 Å². The average Bonchev–Trinajstić information content (AvgIpc) is 3.02. The Hall–Kier alpha value is -1.84. The maximum atomic E-state index is 12.7. The summed E-state index contributed by atoms with van der Waals surface area (Å²) in [5, 5.41) is 9.41. The fraction of sp³-hybridized carbons (Fsp3) is 0.500. The van der Waals surface area contributed by atoms with Gasteiger partial charge in [0.05, 0.1) is 0 Å². The van der Waals surface area contributed by atoms with E-state index in [1.165, 1.54) is 11.1 Å². The van der Waals surface area contributed by atoms with Crippen LogP contribution in [0.5, 0.6) is 0 Å². The monoisotopic (exact) mass is 273 g/mol. The van der Waals surface area contributed by atoms with Crippen molar-refractivity contribution >= 4 is 11.9 Å². The van der Waals surface area contributed by atoms with Crippen LogP contribution in [0.25, 0.3) is 0 Å². The van der Waals surface area contributed by atoms with Crippen LogP contribution >= 0.6 is 0 Å². The molecule has 20 heavy (non-hydrogen) atoms. The van der Waals surface area contributed by atoms with E-state index >= 15 is 0 Å². The highest BCUT2D eigenvalue weighted by atomic mass is 16.4. The Morgan fingerprint density at radius 1 is 1.25 bits per heavy atom. The number of rotatable bonds is 2. The average molecular weight is 273 g/mol. The molecule has 1 aliphatic carbocycles. The number of carboxylic acid groups (broad SMARTS) is 1. The van der Waals surface area contributed by atoms with Crippen molar-refractivity contribution in [3.05, 3.63) is 35.4 Å². The Bertz CT molecular complexity index is 544. The van der Waals surface area contributed by atoms with Crippen LogP contribution in [0.15, 0.2) is 24.3 Å². The molecule has 1 saturated heterocycles. The van der Waals surface area contributed by atoms with Crippen molar-refractivity contribution in [3.63, 3.8) is 0 Å². The highest BCUT2D eigenvalue weighted by molar-refractivity contribution is 5.89. The zero-order valence-electron chi connectivity index (χ0n) is 11.6. The summed E-state index contributed by atoms with van der Waals surface area (Å²) in [6.07, 6.45) is 2.80. The highest BCUT2D eigenvalue weighted by Crippen LogP contribution is 2.34. The molecule has 1 amide bonds. The van der Waals surface area contributed by atoms with Gasteiger partial charge in [0.25, 0.3) is 0 Å². The quantitative estimate of drug-likeness (QED) is 0.895. The van der Waals surface area contributed by atoms with Crippen molar-refractivity contribution in [1.29, 1.82) is 0 Å². The number of carbonyl (C=O) groups excluding carboxylic acids is 1. The smallest absolute Gasteiger partial charge is 0.329 e. The molecule has 2 aliphatic rings. The fourth-order valence-electron chi connectivity index (χ4n) is 3.49. The molecule has 1 fully saturated rings. The summed E-state index contributed by atoms with van der Waals surface area (Å²) in [6.45, 7) is 2.23. The standard InChI is InChI=1S/C16H19NO3/c1-16(15(19)20)7-4-8-17(16)14(18)13-9-11-5-2-3-6-12(11)10-13/h2-3,5-6,13H,4,7-10H2,1H3,(H,19,20). The summed E-state index contributed by atoms with van der Waals surface area (Å²) >= 11 is 0. The first-order valence-corrected chi connectivity index (χ1v) is 7.14. The van der Waals surface area contributed by atoms with E-state index in [4.69, 9.17) is 0 Å². The highest BCUT2D eigenvalue weighted by Gasteiger charge is 2.47. The molecule has 1 heterocycles. The van der Waals surface area contributed by atoms with Gasteiger partial charge in [0, 0.05) is 12.5 Å². The fourth-order valence-corrected chi connectivity index (χ4v) is 3.49. The number of aliphatic carboxylic acids is 1. The van der Waals surface area contributed by atoms with Gasteiger partial charge < -0.3 is 10.0 Å². The third-order valence-corrected chi connectivity index (χ3v) is 4.77. The lowest BCUT2D eigenvalue weighted by Gasteiger charge is -2.33. The molecule has 0 spiro atoms. The predicted octanol–water partition coefficient (Wildman–Crippen LogP) is 1.87. The van der Waals surface area contributed by atoms with E-state index in [1.54, 1.807) is 11.8 Å². The molecular formula is C16H19NO3. The van der Waals surface area contributed by atoms with Crippen molar-refractivity contribution in [1.82, 2.24) is 4.90 Å². The van der Waals surface area contributed by atoms with E-state index in [1.807, 2.05) is 12.1 Å². The summed E-state index contributed by atoms with van der Waals surface area (Å²) < 4.78 is 0. The Morgan fingerprint density at radius 2 is 1.85 bits per heavy atom. The van der Waals surface area contributed by atoms with Gasteiger partial charge in [-0.05, 0) is 43.7 Å². The van der Waals surface area contributed by atoms with Crippen LogP contribution in [-0.4, -0.2) is 34.0 Å². The van der Waals surface area contributed by atoms with Crippen molar-refractivity contribution in [2.24, 2.45) is 5.92 Å². The van der Waals surface area contributed by atoms with E-state index in [0.29, 0.717) is 13.0 Å². The normalized spacial score (nSPS) is 25.8. The van der Waals surface area contributed by atoms with Crippen molar-refractivity contribution in [2.45, 2.75) is 38.1 Å². The van der Waals surface area contributed by atoms with Crippen LogP contribution in [0.1, 0.15) is 30.9 Å². The second-order valence-electron chi connectivity index (χ2n) is 6.05. The molecule has 1 unspecified atom stereocenters. The van der Waals surface area contributed by atoms with E-state index in [-0.39, 0.29) is 11.8 Å². The Morgan fingerprint density at radius 3 is 2.40 bits per heavy atom. The summed E-state index contributed by atoms with van der Waals surface area (Å²) in [6, 6.07) is 8.10. The number of benzene rings is 1. The van der Waals surface area contributed by atoms with Gasteiger partial charge in [0.15, 0.2) is 0 Å². The molecule has 0 bridgehead atoms. The van der Waals surface area contributed by atoms with Gasteiger partial charge in [0.1, 0.15) is 5.54 Å². The molecule has 1 N–H and O–H groups in total.